The molecule has 196 valence electrons. The van der Waals surface area contributed by atoms with Gasteiger partial charge in [0.05, 0.1) is 30.0 Å². The van der Waals surface area contributed by atoms with Crippen LogP contribution in [-0.4, -0.2) is 36.0 Å². The second-order valence-corrected chi connectivity index (χ2v) is 10.1. The van der Waals surface area contributed by atoms with Crippen LogP contribution in [-0.2, 0) is 15.0 Å². The monoisotopic (exact) mass is 528 g/mol. The fraction of sp³-hybridized carbons (Fsp3) is 0.156. The summed E-state index contributed by atoms with van der Waals surface area (Å²) >= 11 is 0. The molecule has 1 N–H and O–H groups in total. The molecule has 8 rings (SSSR count). The van der Waals surface area contributed by atoms with E-state index in [-0.39, 0.29) is 17.7 Å². The van der Waals surface area contributed by atoms with E-state index in [9.17, 15) is 14.4 Å². The third kappa shape index (κ3) is 3.16. The number of aromatic nitrogens is 1. The standard InChI is InChI=1S/C32H24N4O4/c1-40-25-13-7-6-12-24(25)36-30(38)27-26-20-8-2-4-10-22(20)32(28(27)31(36)39,23-11-5-3-9-21(23)26)18-34-35-29(37)19-14-16-33-17-15-19/h2-18,26-28H,1H3,(H,35,37)/b34-18-/t26?,27-,28-,32?/m0/s1. The van der Waals surface area contributed by atoms with Crippen LogP contribution in [0.2, 0.25) is 0 Å². The van der Waals surface area contributed by atoms with Crippen molar-refractivity contribution in [3.05, 3.63) is 125 Å². The van der Waals surface area contributed by atoms with Crippen LogP contribution in [0.4, 0.5) is 5.69 Å². The van der Waals surface area contributed by atoms with E-state index in [1.807, 2.05) is 48.5 Å². The van der Waals surface area contributed by atoms with Gasteiger partial charge < -0.3 is 4.74 Å². The Hall–Kier alpha value is -5.11. The average Bonchev–Trinajstić information content (AvgIpc) is 3.28. The number of para-hydroxylation sites is 2. The highest BCUT2D eigenvalue weighted by Gasteiger charge is 2.68. The van der Waals surface area contributed by atoms with Crippen molar-refractivity contribution < 1.29 is 19.1 Å². The Morgan fingerprint density at radius 1 is 0.900 bits per heavy atom. The number of carbonyl (C=O) groups is 3. The Balaban J connectivity index is 1.42. The lowest BCUT2D eigenvalue weighted by Crippen LogP contribution is -2.54. The smallest absolute Gasteiger partial charge is 0.271 e. The van der Waals surface area contributed by atoms with Crippen LogP contribution in [0.15, 0.2) is 102 Å². The van der Waals surface area contributed by atoms with E-state index in [4.69, 9.17) is 4.74 Å². The number of imide groups is 1. The molecule has 0 radical (unpaired) electrons. The summed E-state index contributed by atoms with van der Waals surface area (Å²) in [5, 5.41) is 4.44. The van der Waals surface area contributed by atoms with Gasteiger partial charge in [-0.2, -0.15) is 5.10 Å². The van der Waals surface area contributed by atoms with Crippen LogP contribution in [0, 0.1) is 11.8 Å². The van der Waals surface area contributed by atoms with E-state index >= 15 is 0 Å². The van der Waals surface area contributed by atoms with Gasteiger partial charge in [0, 0.05) is 30.1 Å². The normalized spacial score (nSPS) is 24.0. The van der Waals surface area contributed by atoms with Gasteiger partial charge in [0.15, 0.2) is 0 Å². The summed E-state index contributed by atoms with van der Waals surface area (Å²) in [7, 11) is 1.52. The summed E-state index contributed by atoms with van der Waals surface area (Å²) in [4.78, 5) is 46.8. The van der Waals surface area contributed by atoms with Crippen molar-refractivity contribution in [2.24, 2.45) is 16.9 Å². The molecular weight excluding hydrogens is 504 g/mol. The molecule has 3 amide bonds. The molecule has 0 unspecified atom stereocenters. The fourth-order valence-corrected chi connectivity index (χ4v) is 6.86. The summed E-state index contributed by atoms with van der Waals surface area (Å²) in [6, 6.07) is 26.0. The van der Waals surface area contributed by atoms with Gasteiger partial charge in [0.1, 0.15) is 5.75 Å². The highest BCUT2D eigenvalue weighted by atomic mass is 16.5. The highest BCUT2D eigenvalue weighted by Crippen LogP contribution is 2.63. The number of hydrogen-bond acceptors (Lipinski definition) is 6. The molecule has 4 aromatic rings. The van der Waals surface area contributed by atoms with Gasteiger partial charge in [-0.1, -0.05) is 60.7 Å². The first kappa shape index (κ1) is 24.0. The number of anilines is 1. The van der Waals surface area contributed by atoms with Gasteiger partial charge in [0.25, 0.3) is 5.91 Å². The van der Waals surface area contributed by atoms with Crippen LogP contribution in [0.5, 0.6) is 5.75 Å². The molecule has 3 aromatic carbocycles. The molecule has 2 bridgehead atoms. The van der Waals surface area contributed by atoms with Crippen molar-refractivity contribution in [3.8, 4) is 5.75 Å². The number of pyridine rings is 1. The number of nitrogens with zero attached hydrogens (tertiary/aromatic N) is 3. The molecule has 8 heteroatoms. The minimum atomic E-state index is -1.08. The second kappa shape index (κ2) is 8.98. The first-order valence-electron chi connectivity index (χ1n) is 13.0. The lowest BCUT2D eigenvalue weighted by Gasteiger charge is -2.52. The van der Waals surface area contributed by atoms with Crippen molar-refractivity contribution >= 4 is 29.6 Å². The molecule has 0 saturated carbocycles. The summed E-state index contributed by atoms with van der Waals surface area (Å²) in [5.74, 6) is -2.26. The number of carbonyl (C=O) groups excluding carboxylic acids is 3. The zero-order valence-electron chi connectivity index (χ0n) is 21.5. The molecule has 2 heterocycles. The Bertz CT molecular complexity index is 1670. The molecule has 4 aliphatic rings. The van der Waals surface area contributed by atoms with Gasteiger partial charge in [-0.3, -0.25) is 19.4 Å². The zero-order valence-corrected chi connectivity index (χ0v) is 21.5. The maximum atomic E-state index is 14.4. The maximum absolute atomic E-state index is 14.4. The molecule has 1 aromatic heterocycles. The highest BCUT2D eigenvalue weighted by molar-refractivity contribution is 6.25. The molecule has 0 spiro atoms. The Labute approximate surface area is 230 Å². The van der Waals surface area contributed by atoms with Gasteiger partial charge in [-0.05, 0) is 46.5 Å². The summed E-state index contributed by atoms with van der Waals surface area (Å²) in [5.41, 5.74) is 6.15. The molecule has 1 saturated heterocycles. The summed E-state index contributed by atoms with van der Waals surface area (Å²) < 4.78 is 5.53. The predicted octanol–water partition coefficient (Wildman–Crippen LogP) is 4.06. The van der Waals surface area contributed by atoms with E-state index in [2.05, 4.69) is 15.5 Å². The lowest BCUT2D eigenvalue weighted by molar-refractivity contribution is -0.122. The van der Waals surface area contributed by atoms with E-state index in [0.29, 0.717) is 17.0 Å². The van der Waals surface area contributed by atoms with Crippen molar-refractivity contribution in [2.75, 3.05) is 12.0 Å². The van der Waals surface area contributed by atoms with E-state index in [0.717, 1.165) is 22.3 Å². The Kier molecular flexibility index (Phi) is 5.38. The van der Waals surface area contributed by atoms with Crippen molar-refractivity contribution in [1.82, 2.24) is 10.4 Å². The number of hydrazone groups is 1. The molecular formula is C32H24N4O4. The fourth-order valence-electron chi connectivity index (χ4n) is 6.86. The van der Waals surface area contributed by atoms with Crippen molar-refractivity contribution in [1.29, 1.82) is 0 Å². The third-order valence-corrected chi connectivity index (χ3v) is 8.39. The van der Waals surface area contributed by atoms with Gasteiger partial charge in [-0.25, -0.2) is 10.3 Å². The number of nitrogens with one attached hydrogen (secondary N) is 1. The lowest BCUT2D eigenvalue weighted by atomic mass is 9.47. The number of rotatable bonds is 5. The zero-order chi connectivity index (χ0) is 27.4. The first-order chi connectivity index (χ1) is 19.6. The number of amides is 3. The van der Waals surface area contributed by atoms with Gasteiger partial charge >= 0.3 is 0 Å². The van der Waals surface area contributed by atoms with Crippen LogP contribution >= 0.6 is 0 Å². The molecule has 1 aliphatic heterocycles. The molecule has 8 nitrogen and oxygen atoms in total. The molecule has 40 heavy (non-hydrogen) atoms. The average molecular weight is 529 g/mol. The molecule has 2 atom stereocenters. The van der Waals surface area contributed by atoms with Crippen LogP contribution in [0.25, 0.3) is 0 Å². The molecule has 1 fully saturated rings. The van der Waals surface area contributed by atoms with E-state index in [1.165, 1.54) is 24.4 Å². The predicted molar refractivity (Wildman–Crippen MR) is 148 cm³/mol. The number of hydrogen-bond donors (Lipinski definition) is 1. The summed E-state index contributed by atoms with van der Waals surface area (Å²) in [6.45, 7) is 0. The van der Waals surface area contributed by atoms with Gasteiger partial charge in [0.2, 0.25) is 11.8 Å². The van der Waals surface area contributed by atoms with E-state index in [1.54, 1.807) is 42.6 Å². The largest absolute Gasteiger partial charge is 0.495 e. The second-order valence-electron chi connectivity index (χ2n) is 10.1. The number of benzene rings is 3. The van der Waals surface area contributed by atoms with Crippen LogP contribution in [0.3, 0.4) is 0 Å². The molecule has 3 aliphatic carbocycles. The first-order valence-corrected chi connectivity index (χ1v) is 13.0. The number of ether oxygens (including phenoxy) is 1. The minimum absolute atomic E-state index is 0.271. The SMILES string of the molecule is COc1ccccc1N1C(=O)[C@@H]2[C@@H](C1=O)C1c3ccccc3C2(/C=N\NC(=O)c2ccncc2)c2ccccc21. The minimum Gasteiger partial charge on any atom is -0.495 e. The Morgan fingerprint density at radius 2 is 1.52 bits per heavy atom. The van der Waals surface area contributed by atoms with Crippen molar-refractivity contribution in [2.45, 2.75) is 11.3 Å². The topological polar surface area (TPSA) is 101 Å². The van der Waals surface area contributed by atoms with Crippen LogP contribution in [0.1, 0.15) is 38.5 Å². The third-order valence-electron chi connectivity index (χ3n) is 8.39. The summed E-state index contributed by atoms with van der Waals surface area (Å²) in [6.07, 6.45) is 4.71. The Morgan fingerprint density at radius 3 is 2.20 bits per heavy atom. The maximum Gasteiger partial charge on any atom is 0.271 e. The van der Waals surface area contributed by atoms with Crippen LogP contribution < -0.4 is 15.1 Å². The van der Waals surface area contributed by atoms with Gasteiger partial charge in [-0.15, -0.1) is 0 Å². The number of methoxy groups -OCH3 is 1. The van der Waals surface area contributed by atoms with E-state index < -0.39 is 23.2 Å². The quantitative estimate of drug-likeness (QED) is 0.239. The van der Waals surface area contributed by atoms with Crippen molar-refractivity contribution in [3.63, 3.8) is 0 Å².